The molecule has 0 radical (unpaired) electrons. The van der Waals surface area contributed by atoms with Crippen molar-refractivity contribution in [2.75, 3.05) is 21.8 Å². The van der Waals surface area contributed by atoms with Gasteiger partial charge in [-0.25, -0.2) is 21.8 Å². The van der Waals surface area contributed by atoms with Crippen LogP contribution in [0, 0.1) is 0 Å². The standard InChI is InChI=1S/C30H26N4O7S2/c1-42(38,39)34(19-27(35)36)23-15-12-21(13-16-23)31-29(20-8-4-2-5-9-20)28-25-18-22(14-17-26(25)32-30(28)37)33-43(40,41)24-10-6-3-7-11-24/h2-18,32-33,37H,19H2,1H3,(H,35,36). The molecule has 0 spiro atoms. The van der Waals surface area contributed by atoms with E-state index in [2.05, 4.69) is 9.71 Å². The summed E-state index contributed by atoms with van der Waals surface area (Å²) in [6.45, 7) is -0.740. The third-order valence-electron chi connectivity index (χ3n) is 6.43. The van der Waals surface area contributed by atoms with Crippen LogP contribution in [0.5, 0.6) is 5.88 Å². The molecule has 13 heteroatoms. The zero-order valence-corrected chi connectivity index (χ0v) is 24.3. The number of aromatic amines is 1. The van der Waals surface area contributed by atoms with Gasteiger partial charge in [-0.2, -0.15) is 0 Å². The first-order valence-corrected chi connectivity index (χ1v) is 16.1. The molecule has 0 bridgehead atoms. The lowest BCUT2D eigenvalue weighted by Gasteiger charge is -2.20. The predicted octanol–water partition coefficient (Wildman–Crippen LogP) is 4.69. The number of anilines is 2. The van der Waals surface area contributed by atoms with E-state index in [1.165, 1.54) is 36.4 Å². The lowest BCUT2D eigenvalue weighted by Crippen LogP contribution is -2.34. The van der Waals surface area contributed by atoms with Gasteiger partial charge in [0.05, 0.1) is 33.8 Å². The molecular weight excluding hydrogens is 592 g/mol. The second-order valence-electron chi connectivity index (χ2n) is 9.53. The quantitative estimate of drug-likeness (QED) is 0.165. The first-order valence-electron chi connectivity index (χ1n) is 12.8. The number of hydrogen-bond donors (Lipinski definition) is 4. The molecule has 0 aliphatic carbocycles. The number of carbonyl (C=O) groups is 1. The molecule has 0 saturated carbocycles. The molecule has 0 atom stereocenters. The average Bonchev–Trinajstić information content (AvgIpc) is 3.30. The van der Waals surface area contributed by atoms with Crippen LogP contribution in [-0.2, 0) is 24.8 Å². The van der Waals surface area contributed by atoms with Crippen molar-refractivity contribution in [3.05, 3.63) is 114 Å². The molecule has 0 aliphatic rings. The van der Waals surface area contributed by atoms with Gasteiger partial charge in [0.1, 0.15) is 6.54 Å². The Balaban J connectivity index is 1.60. The topological polar surface area (TPSA) is 169 Å². The van der Waals surface area contributed by atoms with E-state index in [0.717, 1.165) is 10.6 Å². The molecule has 0 aliphatic heterocycles. The van der Waals surface area contributed by atoms with Crippen LogP contribution >= 0.6 is 0 Å². The summed E-state index contributed by atoms with van der Waals surface area (Å²) in [5.74, 6) is -1.50. The molecule has 1 aromatic heterocycles. The van der Waals surface area contributed by atoms with E-state index in [1.807, 2.05) is 6.07 Å². The molecular formula is C30H26N4O7S2. The van der Waals surface area contributed by atoms with Crippen LogP contribution in [0.25, 0.3) is 10.9 Å². The van der Waals surface area contributed by atoms with E-state index < -0.39 is 32.6 Å². The molecule has 5 rings (SSSR count). The third kappa shape index (κ3) is 6.52. The van der Waals surface area contributed by atoms with Gasteiger partial charge < -0.3 is 15.2 Å². The average molecular weight is 619 g/mol. The number of aliphatic imine (C=N–C) groups is 1. The van der Waals surface area contributed by atoms with Crippen molar-refractivity contribution in [2.45, 2.75) is 4.90 Å². The molecule has 43 heavy (non-hydrogen) atoms. The van der Waals surface area contributed by atoms with E-state index >= 15 is 0 Å². The monoisotopic (exact) mass is 618 g/mol. The minimum atomic E-state index is -3.87. The minimum Gasteiger partial charge on any atom is -0.494 e. The largest absolute Gasteiger partial charge is 0.494 e. The number of sulfonamides is 2. The zero-order chi connectivity index (χ0) is 30.8. The first kappa shape index (κ1) is 29.4. The van der Waals surface area contributed by atoms with Gasteiger partial charge in [0, 0.05) is 22.2 Å². The Morgan fingerprint density at radius 2 is 1.51 bits per heavy atom. The van der Waals surface area contributed by atoms with Crippen LogP contribution in [0.4, 0.5) is 17.1 Å². The minimum absolute atomic E-state index is 0.0972. The number of H-pyrrole nitrogens is 1. The molecule has 4 N–H and O–H groups in total. The number of fused-ring (bicyclic) bond motifs is 1. The second kappa shape index (κ2) is 11.6. The van der Waals surface area contributed by atoms with Gasteiger partial charge in [0.25, 0.3) is 10.0 Å². The Kier molecular flexibility index (Phi) is 7.93. The maximum absolute atomic E-state index is 13.0. The number of hydrogen-bond acceptors (Lipinski definition) is 7. The Morgan fingerprint density at radius 1 is 0.884 bits per heavy atom. The highest BCUT2D eigenvalue weighted by atomic mass is 32.2. The van der Waals surface area contributed by atoms with Crippen molar-refractivity contribution < 1.29 is 31.8 Å². The van der Waals surface area contributed by atoms with Crippen LogP contribution in [0.3, 0.4) is 0 Å². The lowest BCUT2D eigenvalue weighted by molar-refractivity contribution is -0.135. The van der Waals surface area contributed by atoms with Gasteiger partial charge in [0.15, 0.2) is 5.88 Å². The van der Waals surface area contributed by atoms with Gasteiger partial charge in [0.2, 0.25) is 10.0 Å². The van der Waals surface area contributed by atoms with E-state index in [4.69, 9.17) is 4.99 Å². The van der Waals surface area contributed by atoms with Crippen molar-refractivity contribution in [1.82, 2.24) is 4.98 Å². The van der Waals surface area contributed by atoms with Crippen LogP contribution < -0.4 is 9.03 Å². The molecule has 11 nitrogen and oxygen atoms in total. The van der Waals surface area contributed by atoms with Gasteiger partial charge in [-0.3, -0.25) is 13.8 Å². The van der Waals surface area contributed by atoms with E-state index in [1.54, 1.807) is 60.7 Å². The first-order chi connectivity index (χ1) is 20.4. The number of nitrogens with zero attached hydrogens (tertiary/aromatic N) is 2. The number of rotatable bonds is 10. The number of nitrogens with one attached hydrogen (secondary N) is 2. The predicted molar refractivity (Wildman–Crippen MR) is 165 cm³/mol. The lowest BCUT2D eigenvalue weighted by atomic mass is 10.0. The van der Waals surface area contributed by atoms with Crippen molar-refractivity contribution in [1.29, 1.82) is 0 Å². The molecule has 1 heterocycles. The highest BCUT2D eigenvalue weighted by Crippen LogP contribution is 2.34. The van der Waals surface area contributed by atoms with Crippen LogP contribution in [0.2, 0.25) is 0 Å². The summed E-state index contributed by atoms with van der Waals surface area (Å²) in [6, 6.07) is 27.7. The van der Waals surface area contributed by atoms with E-state index in [9.17, 15) is 31.8 Å². The Labute approximate surface area is 247 Å². The number of carboxylic acids is 1. The van der Waals surface area contributed by atoms with E-state index in [0.29, 0.717) is 33.4 Å². The molecule has 0 fully saturated rings. The highest BCUT2D eigenvalue weighted by molar-refractivity contribution is 7.92. The second-order valence-corrected chi connectivity index (χ2v) is 13.1. The van der Waals surface area contributed by atoms with Gasteiger partial charge in [-0.15, -0.1) is 0 Å². The summed E-state index contributed by atoms with van der Waals surface area (Å²) >= 11 is 0. The summed E-state index contributed by atoms with van der Waals surface area (Å²) < 4.78 is 53.6. The molecule has 0 saturated heterocycles. The molecule has 4 aromatic carbocycles. The summed E-state index contributed by atoms with van der Waals surface area (Å²) in [5.41, 5.74) is 2.65. The number of aromatic hydroxyl groups is 1. The van der Waals surface area contributed by atoms with Crippen molar-refractivity contribution in [3.8, 4) is 5.88 Å². The number of aromatic nitrogens is 1. The SMILES string of the molecule is CS(=O)(=O)N(CC(=O)O)c1ccc(N=C(c2ccccc2)c2c(O)[nH]c3ccc(NS(=O)(=O)c4ccccc4)cc23)cc1. The summed E-state index contributed by atoms with van der Waals surface area (Å²) in [5, 5.41) is 20.7. The fourth-order valence-corrected chi connectivity index (χ4v) is 6.42. The Morgan fingerprint density at radius 3 is 2.12 bits per heavy atom. The van der Waals surface area contributed by atoms with Crippen molar-refractivity contribution >= 4 is 59.7 Å². The number of benzene rings is 4. The third-order valence-corrected chi connectivity index (χ3v) is 8.96. The zero-order valence-electron chi connectivity index (χ0n) is 22.7. The van der Waals surface area contributed by atoms with Gasteiger partial charge in [-0.1, -0.05) is 48.5 Å². The molecule has 0 amide bonds. The fraction of sp³-hybridized carbons (Fsp3) is 0.0667. The summed E-state index contributed by atoms with van der Waals surface area (Å²) in [4.78, 5) is 19.0. The summed E-state index contributed by atoms with van der Waals surface area (Å²) in [7, 11) is -7.74. The highest BCUT2D eigenvalue weighted by Gasteiger charge is 2.22. The van der Waals surface area contributed by atoms with Crippen LogP contribution in [-0.4, -0.2) is 56.5 Å². The van der Waals surface area contributed by atoms with Gasteiger partial charge in [-0.05, 0) is 54.6 Å². The molecule has 0 unspecified atom stereocenters. The van der Waals surface area contributed by atoms with Crippen molar-refractivity contribution in [3.63, 3.8) is 0 Å². The number of carboxylic acid groups (broad SMARTS) is 1. The molecule has 5 aromatic rings. The molecule has 220 valence electrons. The van der Waals surface area contributed by atoms with Gasteiger partial charge >= 0.3 is 5.97 Å². The Hall–Kier alpha value is -5.14. The normalized spacial score (nSPS) is 12.3. The maximum atomic E-state index is 13.0. The maximum Gasteiger partial charge on any atom is 0.324 e. The van der Waals surface area contributed by atoms with Crippen LogP contribution in [0.1, 0.15) is 11.1 Å². The fourth-order valence-electron chi connectivity index (χ4n) is 4.50. The van der Waals surface area contributed by atoms with Crippen LogP contribution in [0.15, 0.2) is 113 Å². The number of aliphatic carboxylic acids is 1. The van der Waals surface area contributed by atoms with Crippen molar-refractivity contribution in [2.24, 2.45) is 4.99 Å². The van der Waals surface area contributed by atoms with E-state index in [-0.39, 0.29) is 22.2 Å². The summed E-state index contributed by atoms with van der Waals surface area (Å²) in [6.07, 6.45) is 0.920. The Bertz CT molecular complexity index is 2040. The smallest absolute Gasteiger partial charge is 0.324 e.